The summed E-state index contributed by atoms with van der Waals surface area (Å²) in [6.45, 7) is 0.266. The maximum Gasteiger partial charge on any atom is 0.276 e. The maximum absolute atomic E-state index is 12.5. The van der Waals surface area contributed by atoms with Gasteiger partial charge in [0.05, 0.1) is 0 Å². The second kappa shape index (κ2) is 7.39. The lowest BCUT2D eigenvalue weighted by Crippen LogP contribution is -2.35. The van der Waals surface area contributed by atoms with Crippen molar-refractivity contribution < 1.29 is 9.59 Å². The van der Waals surface area contributed by atoms with E-state index >= 15 is 0 Å². The van der Waals surface area contributed by atoms with Gasteiger partial charge in [0.1, 0.15) is 12.2 Å². The quantitative estimate of drug-likeness (QED) is 0.638. The minimum absolute atomic E-state index is 0.0295. The molecule has 146 valence electrons. The number of aromatic nitrogens is 1. The molecule has 0 unspecified atom stereocenters. The third kappa shape index (κ3) is 3.30. The zero-order valence-corrected chi connectivity index (χ0v) is 17.0. The van der Waals surface area contributed by atoms with Gasteiger partial charge in [0.25, 0.3) is 5.91 Å². The summed E-state index contributed by atoms with van der Waals surface area (Å²) in [4.78, 5) is 28.2. The van der Waals surface area contributed by atoms with E-state index in [1.807, 2.05) is 41.1 Å². The summed E-state index contributed by atoms with van der Waals surface area (Å²) in [7, 11) is 3.47. The van der Waals surface area contributed by atoms with Crippen LogP contribution < -0.4 is 5.32 Å². The summed E-state index contributed by atoms with van der Waals surface area (Å²) < 4.78 is 1.95. The van der Waals surface area contributed by atoms with Crippen LogP contribution in [0.2, 0.25) is 0 Å². The lowest BCUT2D eigenvalue weighted by Gasteiger charge is -2.12. The minimum Gasteiger partial charge on any atom is -0.352 e. The first-order chi connectivity index (χ1) is 13.5. The number of nitrogens with one attached hydrogen (secondary N) is 1. The number of likely N-dealkylation sites (N-methyl/N-ethyl adjacent to an activating group) is 2. The summed E-state index contributed by atoms with van der Waals surface area (Å²) >= 11 is 5.29. The first-order valence-corrected chi connectivity index (χ1v) is 10.0. The Hall–Kier alpha value is -2.67. The van der Waals surface area contributed by atoms with Crippen molar-refractivity contribution in [3.63, 3.8) is 0 Å². The van der Waals surface area contributed by atoms with Gasteiger partial charge in [0.15, 0.2) is 5.11 Å². The van der Waals surface area contributed by atoms with E-state index in [9.17, 15) is 9.59 Å². The van der Waals surface area contributed by atoms with Gasteiger partial charge in [-0.15, -0.1) is 0 Å². The lowest BCUT2D eigenvalue weighted by atomic mass is 10.1. The fraction of sp³-hybridized carbons (Fsp3) is 0.381. The Morgan fingerprint density at radius 2 is 1.93 bits per heavy atom. The number of benzene rings is 1. The van der Waals surface area contributed by atoms with Gasteiger partial charge >= 0.3 is 0 Å². The molecule has 1 saturated carbocycles. The number of thiocarbonyl (C=S) groups is 1. The fourth-order valence-corrected chi connectivity index (χ4v) is 4.24. The second-order valence-corrected chi connectivity index (χ2v) is 7.88. The van der Waals surface area contributed by atoms with E-state index in [4.69, 9.17) is 12.2 Å². The lowest BCUT2D eigenvalue weighted by molar-refractivity contribution is -0.122. The SMILES string of the molecule is CN1C(=O)C(=Cc2cn(CC(=O)NC3CCCC3)c3ccccc23)N(C)C1=S. The Labute approximate surface area is 169 Å². The van der Waals surface area contributed by atoms with Crippen LogP contribution in [0.1, 0.15) is 31.2 Å². The first-order valence-electron chi connectivity index (χ1n) is 9.60. The number of amides is 2. The molecule has 1 N–H and O–H groups in total. The molecule has 0 spiro atoms. The van der Waals surface area contributed by atoms with Gasteiger partial charge in [-0.25, -0.2) is 0 Å². The average Bonchev–Trinajstić information content (AvgIpc) is 3.36. The van der Waals surface area contributed by atoms with Gasteiger partial charge in [0.2, 0.25) is 5.91 Å². The van der Waals surface area contributed by atoms with Crippen LogP contribution >= 0.6 is 12.2 Å². The monoisotopic (exact) mass is 396 g/mol. The topological polar surface area (TPSA) is 57.6 Å². The predicted octanol–water partition coefficient (Wildman–Crippen LogP) is 2.73. The van der Waals surface area contributed by atoms with Crippen LogP contribution in [0.4, 0.5) is 0 Å². The van der Waals surface area contributed by atoms with Crippen LogP contribution in [-0.4, -0.2) is 51.4 Å². The van der Waals surface area contributed by atoms with Crippen LogP contribution in [0.25, 0.3) is 17.0 Å². The number of para-hydroxylation sites is 1. The number of carbonyl (C=O) groups excluding carboxylic acids is 2. The maximum atomic E-state index is 12.5. The van der Waals surface area contributed by atoms with E-state index in [1.165, 1.54) is 17.7 Å². The van der Waals surface area contributed by atoms with Crippen LogP contribution in [0.15, 0.2) is 36.2 Å². The summed E-state index contributed by atoms with van der Waals surface area (Å²) in [6, 6.07) is 8.23. The highest BCUT2D eigenvalue weighted by molar-refractivity contribution is 7.80. The van der Waals surface area contributed by atoms with E-state index < -0.39 is 0 Å². The van der Waals surface area contributed by atoms with Crippen molar-refractivity contribution in [2.75, 3.05) is 14.1 Å². The van der Waals surface area contributed by atoms with E-state index in [2.05, 4.69) is 5.32 Å². The van der Waals surface area contributed by atoms with Crippen LogP contribution in [0, 0.1) is 0 Å². The van der Waals surface area contributed by atoms with Gasteiger partial charge < -0.3 is 14.8 Å². The normalized spacial score (nSPS) is 19.4. The summed E-state index contributed by atoms with van der Waals surface area (Å²) in [5.74, 6) is -0.0925. The Morgan fingerprint density at radius 3 is 2.61 bits per heavy atom. The number of fused-ring (bicyclic) bond motifs is 1. The Morgan fingerprint density at radius 1 is 1.21 bits per heavy atom. The Kier molecular flexibility index (Phi) is 4.93. The van der Waals surface area contributed by atoms with Gasteiger partial charge in [0, 0.05) is 42.8 Å². The molecule has 0 bridgehead atoms. The van der Waals surface area contributed by atoms with Gasteiger partial charge in [-0.3, -0.25) is 14.5 Å². The molecular formula is C21H24N4O2S. The Balaban J connectivity index is 1.65. The van der Waals surface area contributed by atoms with E-state index in [0.29, 0.717) is 16.9 Å². The third-order valence-corrected chi connectivity index (χ3v) is 6.15. The molecule has 2 heterocycles. The smallest absolute Gasteiger partial charge is 0.276 e. The number of carbonyl (C=O) groups is 2. The first kappa shape index (κ1) is 18.7. The molecule has 2 fully saturated rings. The molecule has 28 heavy (non-hydrogen) atoms. The molecule has 6 nitrogen and oxygen atoms in total. The molecule has 0 atom stereocenters. The van der Waals surface area contributed by atoms with Crippen molar-refractivity contribution in [2.45, 2.75) is 38.3 Å². The van der Waals surface area contributed by atoms with Gasteiger partial charge in [-0.2, -0.15) is 0 Å². The molecule has 1 aromatic heterocycles. The highest BCUT2D eigenvalue weighted by Gasteiger charge is 2.33. The number of hydrogen-bond acceptors (Lipinski definition) is 3. The molecule has 7 heteroatoms. The zero-order chi connectivity index (χ0) is 19.8. The number of rotatable bonds is 4. The highest BCUT2D eigenvalue weighted by Crippen LogP contribution is 2.27. The van der Waals surface area contributed by atoms with E-state index in [0.717, 1.165) is 29.3 Å². The summed E-state index contributed by atoms with van der Waals surface area (Å²) in [5.41, 5.74) is 2.41. The van der Waals surface area contributed by atoms with Crippen molar-refractivity contribution in [3.8, 4) is 0 Å². The minimum atomic E-state index is -0.122. The molecule has 2 aromatic rings. The van der Waals surface area contributed by atoms with Crippen molar-refractivity contribution in [1.29, 1.82) is 0 Å². The highest BCUT2D eigenvalue weighted by atomic mass is 32.1. The van der Waals surface area contributed by atoms with Gasteiger partial charge in [-0.1, -0.05) is 31.0 Å². The van der Waals surface area contributed by atoms with Crippen LogP contribution in [-0.2, 0) is 16.1 Å². The molecule has 1 saturated heterocycles. The van der Waals surface area contributed by atoms with Gasteiger partial charge in [-0.05, 0) is 37.2 Å². The fourth-order valence-electron chi connectivity index (χ4n) is 4.06. The van der Waals surface area contributed by atoms with Crippen molar-refractivity contribution in [3.05, 3.63) is 41.7 Å². The van der Waals surface area contributed by atoms with Crippen molar-refractivity contribution >= 4 is 46.1 Å². The summed E-state index contributed by atoms with van der Waals surface area (Å²) in [6.07, 6.45) is 8.30. The molecule has 1 aliphatic heterocycles. The molecule has 2 amide bonds. The number of nitrogens with zero attached hydrogens (tertiary/aromatic N) is 3. The van der Waals surface area contributed by atoms with Crippen molar-refractivity contribution in [2.24, 2.45) is 0 Å². The van der Waals surface area contributed by atoms with E-state index in [1.54, 1.807) is 19.0 Å². The largest absolute Gasteiger partial charge is 0.352 e. The van der Waals surface area contributed by atoms with Crippen LogP contribution in [0.5, 0.6) is 0 Å². The zero-order valence-electron chi connectivity index (χ0n) is 16.1. The van der Waals surface area contributed by atoms with Crippen LogP contribution in [0.3, 0.4) is 0 Å². The third-order valence-electron chi connectivity index (χ3n) is 5.60. The molecule has 1 aliphatic carbocycles. The molecule has 1 aromatic carbocycles. The second-order valence-electron chi connectivity index (χ2n) is 7.51. The predicted molar refractivity (Wildman–Crippen MR) is 113 cm³/mol. The van der Waals surface area contributed by atoms with E-state index in [-0.39, 0.29) is 18.4 Å². The average molecular weight is 397 g/mol. The molecule has 2 aliphatic rings. The van der Waals surface area contributed by atoms with Crippen molar-refractivity contribution in [1.82, 2.24) is 19.7 Å². The summed E-state index contributed by atoms with van der Waals surface area (Å²) in [5, 5.41) is 4.63. The molecular weight excluding hydrogens is 372 g/mol. The number of hydrogen-bond donors (Lipinski definition) is 1. The molecule has 4 rings (SSSR count). The molecule has 0 radical (unpaired) electrons. The standard InChI is InChI=1S/C21H24N4O2S/c1-23-18(20(27)24(2)21(23)28)11-14-12-25(17-10-6-5-9-16(14)17)13-19(26)22-15-7-3-4-8-15/h5-6,9-12,15H,3-4,7-8,13H2,1-2H3,(H,22,26). The Bertz CT molecular complexity index is 987.